The summed E-state index contributed by atoms with van der Waals surface area (Å²) in [7, 11) is 0. The van der Waals surface area contributed by atoms with Gasteiger partial charge in [-0.3, -0.25) is 4.79 Å². The fourth-order valence-electron chi connectivity index (χ4n) is 0.267. The molecule has 50 valence electrons. The van der Waals surface area contributed by atoms with Crippen LogP contribution in [0.1, 0.15) is 0 Å². The van der Waals surface area contributed by atoms with Gasteiger partial charge in [-0.15, -0.1) is 0 Å². The molecular weight excluding hydrogens is 131 g/mol. The van der Waals surface area contributed by atoms with E-state index in [1.165, 1.54) is 0 Å². The van der Waals surface area contributed by atoms with Gasteiger partial charge in [-0.1, -0.05) is 0 Å². The Bertz CT molecular complexity index is 79.0. The molecule has 5 heteroatoms. The van der Waals surface area contributed by atoms with Gasteiger partial charge in [0.1, 0.15) is 0 Å². The summed E-state index contributed by atoms with van der Waals surface area (Å²) in [6, 6.07) is 0. The van der Waals surface area contributed by atoms with Gasteiger partial charge in [-0.2, -0.15) is 0 Å². The number of hydrogen-bond acceptors (Lipinski definition) is 3. The van der Waals surface area contributed by atoms with Crippen LogP contribution in [0, 0.1) is 0 Å². The Morgan fingerprint density at radius 3 is 2.56 bits per heavy atom. The summed E-state index contributed by atoms with van der Waals surface area (Å²) in [4.78, 5) is 10.2. The van der Waals surface area contributed by atoms with Gasteiger partial charge in [0.15, 0.2) is 0 Å². The van der Waals surface area contributed by atoms with Crippen LogP contribution in [0.25, 0.3) is 0 Å². The van der Waals surface area contributed by atoms with E-state index in [2.05, 4.69) is 5.32 Å². The van der Waals surface area contributed by atoms with Gasteiger partial charge < -0.3 is 16.2 Å². The summed E-state index contributed by atoms with van der Waals surface area (Å²) in [6.45, 7) is 0.238. The van der Waals surface area contributed by atoms with Gasteiger partial charge >= 0.3 is 29.6 Å². The number of aliphatic hydroxyl groups is 1. The molecule has 0 aromatic heterocycles. The zero-order valence-electron chi connectivity index (χ0n) is 4.55. The molecule has 4 N–H and O–H groups in total. The van der Waals surface area contributed by atoms with Crippen LogP contribution in [-0.2, 0) is 4.79 Å². The van der Waals surface area contributed by atoms with E-state index >= 15 is 0 Å². The summed E-state index contributed by atoms with van der Waals surface area (Å²) in [5, 5.41) is 10.5. The van der Waals surface area contributed by atoms with Gasteiger partial charge in [-0.05, 0) is 0 Å². The van der Waals surface area contributed by atoms with Crippen molar-refractivity contribution in [1.82, 2.24) is 5.32 Å². The third kappa shape index (κ3) is 8.39. The predicted octanol–water partition coefficient (Wildman–Crippen LogP) is -2.59. The van der Waals surface area contributed by atoms with Crippen molar-refractivity contribution < 1.29 is 9.90 Å². The number of nitrogens with one attached hydrogen (secondary N) is 1. The first-order valence-corrected chi connectivity index (χ1v) is 2.39. The number of carbonyl (C=O) groups is 1. The Kier molecular flexibility index (Phi) is 11.3. The molecule has 0 rings (SSSR count). The molecule has 0 aromatic carbocycles. The van der Waals surface area contributed by atoms with Crippen molar-refractivity contribution in [1.29, 1.82) is 0 Å². The Labute approximate surface area is 76.1 Å². The molecule has 0 radical (unpaired) electrons. The van der Waals surface area contributed by atoms with Crippen LogP contribution in [0.15, 0.2) is 0 Å². The number of carbonyl (C=O) groups excluding carboxylic acids is 1. The van der Waals surface area contributed by atoms with Crippen LogP contribution >= 0.6 is 0 Å². The Balaban J connectivity index is 0. The maximum absolute atomic E-state index is 10.2. The summed E-state index contributed by atoms with van der Waals surface area (Å²) < 4.78 is 0. The number of hydrogen-bond donors (Lipinski definition) is 3. The molecule has 9 heavy (non-hydrogen) atoms. The predicted molar refractivity (Wildman–Crippen MR) is 36.3 cm³/mol. The third-order valence-electron chi connectivity index (χ3n) is 0.619. The molecule has 0 atom stereocenters. The van der Waals surface area contributed by atoms with Crippen molar-refractivity contribution in [2.45, 2.75) is 0 Å². The van der Waals surface area contributed by atoms with Crippen LogP contribution < -0.4 is 11.1 Å². The Hall–Kier alpha value is 0.390. The van der Waals surface area contributed by atoms with E-state index in [4.69, 9.17) is 10.8 Å². The van der Waals surface area contributed by atoms with E-state index in [1.54, 1.807) is 0 Å². The van der Waals surface area contributed by atoms with Crippen molar-refractivity contribution in [3.8, 4) is 0 Å². The molecule has 0 bridgehead atoms. The van der Waals surface area contributed by atoms with Crippen molar-refractivity contribution in [2.24, 2.45) is 5.73 Å². The molecule has 0 spiro atoms. The first-order valence-electron chi connectivity index (χ1n) is 2.39. The van der Waals surface area contributed by atoms with Crippen LogP contribution in [-0.4, -0.2) is 60.3 Å². The maximum atomic E-state index is 10.2. The van der Waals surface area contributed by atoms with Crippen LogP contribution in [0.4, 0.5) is 0 Å². The van der Waals surface area contributed by atoms with Crippen molar-refractivity contribution in [2.75, 3.05) is 19.7 Å². The summed E-state index contributed by atoms with van der Waals surface area (Å²) in [5.74, 6) is -0.237. The van der Waals surface area contributed by atoms with Gasteiger partial charge in [0.25, 0.3) is 0 Å². The molecule has 0 aromatic rings. The molecule has 0 aliphatic carbocycles. The van der Waals surface area contributed by atoms with E-state index in [0.717, 1.165) is 0 Å². The minimum absolute atomic E-state index is 0. The molecule has 1 amide bonds. The summed E-state index contributed by atoms with van der Waals surface area (Å²) >= 11 is 0. The van der Waals surface area contributed by atoms with Gasteiger partial charge in [0, 0.05) is 6.54 Å². The van der Waals surface area contributed by atoms with Crippen LogP contribution in [0.5, 0.6) is 0 Å². The molecule has 0 fully saturated rings. The minimum atomic E-state index is -0.237. The summed E-state index contributed by atoms with van der Waals surface area (Å²) in [6.07, 6.45) is 0. The average Bonchev–Trinajstić information content (AvgIpc) is 1.83. The summed E-state index contributed by atoms with van der Waals surface area (Å²) in [5.41, 5.74) is 4.92. The molecule has 0 aliphatic rings. The zero-order valence-corrected chi connectivity index (χ0v) is 4.55. The fraction of sp³-hybridized carbons (Fsp3) is 0.750. The fourth-order valence-corrected chi connectivity index (χ4v) is 0.267. The standard InChI is InChI=1S/C4H10N2O2.Na.H/c5-3-4(8)6-1-2-7;;/h7H,1-3,5H2,(H,6,8);;. The van der Waals surface area contributed by atoms with E-state index in [-0.39, 0.29) is 55.2 Å². The van der Waals surface area contributed by atoms with Gasteiger partial charge in [-0.25, -0.2) is 0 Å². The van der Waals surface area contributed by atoms with Gasteiger partial charge in [0.05, 0.1) is 13.2 Å². The molecule has 0 unspecified atom stereocenters. The topological polar surface area (TPSA) is 75.4 Å². The molecule has 0 heterocycles. The van der Waals surface area contributed by atoms with E-state index in [0.29, 0.717) is 0 Å². The van der Waals surface area contributed by atoms with Crippen molar-refractivity contribution in [3.05, 3.63) is 0 Å². The molecular formula is C4H11N2NaO2. The Morgan fingerprint density at radius 1 is 1.67 bits per heavy atom. The first kappa shape index (κ1) is 12.1. The van der Waals surface area contributed by atoms with Gasteiger partial charge in [0.2, 0.25) is 5.91 Å². The number of rotatable bonds is 3. The second kappa shape index (κ2) is 8.39. The molecule has 0 saturated heterocycles. The third-order valence-corrected chi connectivity index (χ3v) is 0.619. The van der Waals surface area contributed by atoms with Crippen molar-refractivity contribution in [3.63, 3.8) is 0 Å². The van der Waals surface area contributed by atoms with Crippen LogP contribution in [0.2, 0.25) is 0 Å². The van der Waals surface area contributed by atoms with E-state index in [1.807, 2.05) is 0 Å². The average molecular weight is 142 g/mol. The number of amides is 1. The number of nitrogens with two attached hydrogens (primary N) is 1. The normalized spacial score (nSPS) is 7.78. The SMILES string of the molecule is NCC(=O)NCCO.[NaH]. The molecule has 0 aliphatic heterocycles. The zero-order chi connectivity index (χ0) is 6.41. The second-order valence-electron chi connectivity index (χ2n) is 1.28. The molecule has 4 nitrogen and oxygen atoms in total. The number of aliphatic hydroxyl groups excluding tert-OH is 1. The van der Waals surface area contributed by atoms with Crippen LogP contribution in [0.3, 0.4) is 0 Å². The first-order chi connectivity index (χ1) is 3.81. The Morgan fingerprint density at radius 2 is 2.22 bits per heavy atom. The van der Waals surface area contributed by atoms with E-state index < -0.39 is 0 Å². The second-order valence-corrected chi connectivity index (χ2v) is 1.28. The quantitative estimate of drug-likeness (QED) is 0.378. The monoisotopic (exact) mass is 142 g/mol. The van der Waals surface area contributed by atoms with Crippen molar-refractivity contribution >= 4 is 35.5 Å². The molecule has 0 saturated carbocycles. The van der Waals surface area contributed by atoms with E-state index in [9.17, 15) is 4.79 Å².